The third-order valence-electron chi connectivity index (χ3n) is 1.92. The van der Waals surface area contributed by atoms with Crippen molar-refractivity contribution in [1.82, 2.24) is 5.32 Å². The van der Waals surface area contributed by atoms with Crippen molar-refractivity contribution < 1.29 is 9.90 Å². The molecule has 0 bridgehead atoms. The summed E-state index contributed by atoms with van der Waals surface area (Å²) < 4.78 is 0. The molecule has 0 aromatic heterocycles. The molecule has 0 unspecified atom stereocenters. The Hall–Kier alpha value is -0.830. The lowest BCUT2D eigenvalue weighted by Gasteiger charge is -2.19. The molecule has 0 saturated carbocycles. The maximum atomic E-state index is 11.2. The first-order valence-corrected chi connectivity index (χ1v) is 4.63. The van der Waals surface area contributed by atoms with Crippen molar-refractivity contribution in [2.75, 3.05) is 6.61 Å². The highest BCUT2D eigenvalue weighted by Gasteiger charge is 2.13. The van der Waals surface area contributed by atoms with Crippen LogP contribution in [0.25, 0.3) is 0 Å². The van der Waals surface area contributed by atoms with Crippen LogP contribution in [-0.4, -0.2) is 23.7 Å². The maximum Gasteiger partial charge on any atom is 0.220 e. The van der Waals surface area contributed by atoms with E-state index in [1.165, 1.54) is 0 Å². The summed E-state index contributed by atoms with van der Waals surface area (Å²) in [6, 6.07) is -0.127. The fourth-order valence-corrected chi connectivity index (χ4v) is 0.935. The minimum Gasteiger partial charge on any atom is -0.394 e. The molecule has 0 aromatic rings. The van der Waals surface area contributed by atoms with Crippen LogP contribution in [0.5, 0.6) is 0 Å². The van der Waals surface area contributed by atoms with Crippen molar-refractivity contribution in [2.45, 2.75) is 32.7 Å². The summed E-state index contributed by atoms with van der Waals surface area (Å²) in [4.78, 5) is 11.2. The van der Waals surface area contributed by atoms with Gasteiger partial charge in [-0.05, 0) is 12.3 Å². The minimum absolute atomic E-state index is 0.00248. The molecular formula is C10H19NO2. The van der Waals surface area contributed by atoms with Crippen molar-refractivity contribution in [3.05, 3.63) is 12.7 Å². The van der Waals surface area contributed by atoms with Crippen molar-refractivity contribution in [2.24, 2.45) is 5.92 Å². The second kappa shape index (κ2) is 6.66. The Morgan fingerprint density at radius 1 is 1.62 bits per heavy atom. The van der Waals surface area contributed by atoms with Gasteiger partial charge in [0.15, 0.2) is 0 Å². The standard InChI is InChI=1S/C10H19NO2/c1-4-5-6-10(13)11-9(7-12)8(2)3/h4,8-9,12H,1,5-7H2,2-3H3,(H,11,13)/t9-/m1/s1. The fraction of sp³-hybridized carbons (Fsp3) is 0.700. The number of aliphatic hydroxyl groups is 1. The van der Waals surface area contributed by atoms with E-state index in [2.05, 4.69) is 11.9 Å². The minimum atomic E-state index is -0.127. The fourth-order valence-electron chi connectivity index (χ4n) is 0.935. The van der Waals surface area contributed by atoms with Gasteiger partial charge in [-0.3, -0.25) is 4.79 Å². The summed E-state index contributed by atoms with van der Waals surface area (Å²) in [7, 11) is 0. The second-order valence-corrected chi connectivity index (χ2v) is 3.43. The molecule has 1 atom stereocenters. The van der Waals surface area contributed by atoms with Crippen molar-refractivity contribution in [1.29, 1.82) is 0 Å². The van der Waals surface area contributed by atoms with E-state index < -0.39 is 0 Å². The first-order valence-electron chi connectivity index (χ1n) is 4.63. The Labute approximate surface area is 79.8 Å². The lowest BCUT2D eigenvalue weighted by Crippen LogP contribution is -2.40. The second-order valence-electron chi connectivity index (χ2n) is 3.43. The Balaban J connectivity index is 3.79. The number of carbonyl (C=O) groups is 1. The van der Waals surface area contributed by atoms with Crippen LogP contribution in [-0.2, 0) is 4.79 Å². The van der Waals surface area contributed by atoms with Crippen LogP contribution >= 0.6 is 0 Å². The summed E-state index contributed by atoms with van der Waals surface area (Å²) in [6.07, 6.45) is 2.84. The van der Waals surface area contributed by atoms with Crippen LogP contribution < -0.4 is 5.32 Å². The van der Waals surface area contributed by atoms with Crippen LogP contribution in [0.2, 0.25) is 0 Å². The van der Waals surface area contributed by atoms with Gasteiger partial charge in [0, 0.05) is 6.42 Å². The lowest BCUT2D eigenvalue weighted by molar-refractivity contribution is -0.122. The number of nitrogens with one attached hydrogen (secondary N) is 1. The molecule has 1 amide bonds. The summed E-state index contributed by atoms with van der Waals surface area (Å²) >= 11 is 0. The Bertz CT molecular complexity index is 166. The maximum absolute atomic E-state index is 11.2. The lowest BCUT2D eigenvalue weighted by atomic mass is 10.1. The first kappa shape index (κ1) is 12.2. The number of carbonyl (C=O) groups excluding carboxylic acids is 1. The predicted octanol–water partition coefficient (Wildman–Crippen LogP) is 1.09. The Kier molecular flexibility index (Phi) is 6.24. The highest BCUT2D eigenvalue weighted by atomic mass is 16.3. The molecule has 0 saturated heterocycles. The van der Waals surface area contributed by atoms with E-state index in [-0.39, 0.29) is 24.5 Å². The molecule has 3 nitrogen and oxygen atoms in total. The van der Waals surface area contributed by atoms with Gasteiger partial charge >= 0.3 is 0 Å². The molecule has 0 fully saturated rings. The number of amides is 1. The molecule has 0 radical (unpaired) electrons. The molecular weight excluding hydrogens is 166 g/mol. The topological polar surface area (TPSA) is 49.3 Å². The number of rotatable bonds is 6. The zero-order chi connectivity index (χ0) is 10.3. The number of hydrogen-bond donors (Lipinski definition) is 2. The predicted molar refractivity (Wildman–Crippen MR) is 53.3 cm³/mol. The normalized spacial score (nSPS) is 12.6. The monoisotopic (exact) mass is 185 g/mol. The van der Waals surface area contributed by atoms with E-state index in [4.69, 9.17) is 5.11 Å². The van der Waals surface area contributed by atoms with Gasteiger partial charge in [-0.25, -0.2) is 0 Å². The van der Waals surface area contributed by atoms with Crippen molar-refractivity contribution in [3.63, 3.8) is 0 Å². The molecule has 0 aromatic carbocycles. The van der Waals surface area contributed by atoms with Gasteiger partial charge in [0.05, 0.1) is 12.6 Å². The van der Waals surface area contributed by atoms with Crippen LogP contribution in [0.4, 0.5) is 0 Å². The van der Waals surface area contributed by atoms with Crippen LogP contribution in [0, 0.1) is 5.92 Å². The molecule has 3 heteroatoms. The molecule has 0 spiro atoms. The van der Waals surface area contributed by atoms with Crippen LogP contribution in [0.3, 0.4) is 0 Å². The van der Waals surface area contributed by atoms with Crippen LogP contribution in [0.1, 0.15) is 26.7 Å². The molecule has 0 rings (SSSR count). The molecule has 0 aliphatic carbocycles. The van der Waals surface area contributed by atoms with Gasteiger partial charge in [0.2, 0.25) is 5.91 Å². The number of allylic oxidation sites excluding steroid dienone is 1. The van der Waals surface area contributed by atoms with E-state index >= 15 is 0 Å². The summed E-state index contributed by atoms with van der Waals surface area (Å²) in [5.74, 6) is 0.241. The molecule has 76 valence electrons. The van der Waals surface area contributed by atoms with E-state index in [0.717, 1.165) is 0 Å². The quantitative estimate of drug-likeness (QED) is 0.608. The highest BCUT2D eigenvalue weighted by Crippen LogP contribution is 2.01. The molecule has 0 aliphatic heterocycles. The number of aliphatic hydroxyl groups excluding tert-OH is 1. The average molecular weight is 185 g/mol. The zero-order valence-electron chi connectivity index (χ0n) is 8.42. The van der Waals surface area contributed by atoms with E-state index in [1.807, 2.05) is 13.8 Å². The smallest absolute Gasteiger partial charge is 0.220 e. The molecule has 13 heavy (non-hydrogen) atoms. The average Bonchev–Trinajstić information content (AvgIpc) is 2.10. The van der Waals surface area contributed by atoms with Crippen LogP contribution in [0.15, 0.2) is 12.7 Å². The molecule has 0 aliphatic rings. The Morgan fingerprint density at radius 2 is 2.23 bits per heavy atom. The van der Waals surface area contributed by atoms with Gasteiger partial charge in [-0.15, -0.1) is 6.58 Å². The van der Waals surface area contributed by atoms with E-state index in [9.17, 15) is 4.79 Å². The third-order valence-corrected chi connectivity index (χ3v) is 1.92. The van der Waals surface area contributed by atoms with Gasteiger partial charge in [-0.2, -0.15) is 0 Å². The molecule has 0 heterocycles. The van der Waals surface area contributed by atoms with Gasteiger partial charge < -0.3 is 10.4 Å². The Morgan fingerprint density at radius 3 is 2.62 bits per heavy atom. The largest absolute Gasteiger partial charge is 0.394 e. The van der Waals surface area contributed by atoms with Crippen molar-refractivity contribution >= 4 is 5.91 Å². The van der Waals surface area contributed by atoms with Gasteiger partial charge in [0.25, 0.3) is 0 Å². The van der Waals surface area contributed by atoms with Gasteiger partial charge in [-0.1, -0.05) is 19.9 Å². The summed E-state index contributed by atoms with van der Waals surface area (Å²) in [6.45, 7) is 7.47. The SMILES string of the molecule is C=CCCC(=O)N[C@H](CO)C(C)C. The zero-order valence-corrected chi connectivity index (χ0v) is 8.42. The molecule has 2 N–H and O–H groups in total. The highest BCUT2D eigenvalue weighted by molar-refractivity contribution is 5.76. The number of hydrogen-bond acceptors (Lipinski definition) is 2. The van der Waals surface area contributed by atoms with E-state index in [1.54, 1.807) is 6.08 Å². The summed E-state index contributed by atoms with van der Waals surface area (Å²) in [5.41, 5.74) is 0. The first-order chi connectivity index (χ1) is 6.11. The van der Waals surface area contributed by atoms with Crippen molar-refractivity contribution in [3.8, 4) is 0 Å². The summed E-state index contributed by atoms with van der Waals surface area (Å²) in [5, 5.41) is 11.7. The van der Waals surface area contributed by atoms with Gasteiger partial charge in [0.1, 0.15) is 0 Å². The third kappa shape index (κ3) is 5.42. The van der Waals surface area contributed by atoms with E-state index in [0.29, 0.717) is 12.8 Å².